The van der Waals surface area contributed by atoms with Gasteiger partial charge in [0.25, 0.3) is 0 Å². The molecule has 2 fully saturated rings. The summed E-state index contributed by atoms with van der Waals surface area (Å²) in [6.45, 7) is 3.24. The molecule has 0 bridgehead atoms. The first-order valence-corrected chi connectivity index (χ1v) is 8.65. The highest BCUT2D eigenvalue weighted by Crippen LogP contribution is 2.39. The lowest BCUT2D eigenvalue weighted by Gasteiger charge is -2.47. The number of nitrogens with two attached hydrogens (primary N) is 1. The minimum absolute atomic E-state index is 0.107. The summed E-state index contributed by atoms with van der Waals surface area (Å²) in [5.41, 5.74) is 6.55. The number of fused-ring (bicyclic) bond motifs is 1. The van der Waals surface area contributed by atoms with Crippen molar-refractivity contribution < 1.29 is 19.2 Å². The van der Waals surface area contributed by atoms with Crippen LogP contribution in [0.15, 0.2) is 23.4 Å². The SMILES string of the molecule is C[N+]1(C/C=C/C2=C(C(=O)O)N3C(=O)[C@@H](N)[C@H]3SC2)CCCC1. The van der Waals surface area contributed by atoms with Gasteiger partial charge in [0, 0.05) is 18.6 Å². The molecule has 0 aromatic carbocycles. The molecule has 3 aliphatic rings. The molecular weight excluding hydrogens is 302 g/mol. The van der Waals surface area contributed by atoms with E-state index in [1.165, 1.54) is 42.6 Å². The fourth-order valence-corrected chi connectivity index (χ4v) is 4.66. The van der Waals surface area contributed by atoms with Crippen molar-refractivity contribution in [1.82, 2.24) is 4.90 Å². The Morgan fingerprint density at radius 2 is 2.18 bits per heavy atom. The quantitative estimate of drug-likeness (QED) is 0.576. The zero-order valence-corrected chi connectivity index (χ0v) is 13.5. The predicted octanol–water partition coefficient (Wildman–Crippen LogP) is 0.364. The number of quaternary nitrogens is 1. The average molecular weight is 324 g/mol. The lowest BCUT2D eigenvalue weighted by atomic mass is 10.0. The van der Waals surface area contributed by atoms with Gasteiger partial charge in [-0.1, -0.05) is 6.08 Å². The number of carbonyl (C=O) groups is 2. The number of carboxylic acids is 1. The molecule has 0 saturated carbocycles. The monoisotopic (exact) mass is 324 g/mol. The number of amides is 1. The fraction of sp³-hybridized carbons (Fsp3) is 0.600. The lowest BCUT2D eigenvalue weighted by molar-refractivity contribution is -0.891. The van der Waals surface area contributed by atoms with Crippen molar-refractivity contribution in [1.29, 1.82) is 0 Å². The third-order valence-corrected chi connectivity index (χ3v) is 6.08. The highest BCUT2D eigenvalue weighted by atomic mass is 32.2. The summed E-state index contributed by atoms with van der Waals surface area (Å²) in [5, 5.41) is 9.23. The van der Waals surface area contributed by atoms with Gasteiger partial charge < -0.3 is 15.3 Å². The molecule has 0 unspecified atom stereocenters. The number of likely N-dealkylation sites (N-methyl/N-ethyl adjacent to an activating group) is 1. The summed E-state index contributed by atoms with van der Waals surface area (Å²) in [6, 6.07) is -0.570. The van der Waals surface area contributed by atoms with E-state index in [0.717, 1.165) is 11.0 Å². The normalized spacial score (nSPS) is 30.6. The molecule has 0 aliphatic carbocycles. The van der Waals surface area contributed by atoms with Gasteiger partial charge in [0.2, 0.25) is 5.91 Å². The molecule has 3 aliphatic heterocycles. The van der Waals surface area contributed by atoms with Gasteiger partial charge in [-0.05, 0) is 11.6 Å². The summed E-state index contributed by atoms with van der Waals surface area (Å²) in [5.74, 6) is -0.755. The second kappa shape index (κ2) is 5.72. The molecular formula is C15H22N3O3S+. The van der Waals surface area contributed by atoms with Gasteiger partial charge in [0.05, 0.1) is 26.7 Å². The molecule has 7 heteroatoms. The van der Waals surface area contributed by atoms with Crippen LogP contribution in [0.2, 0.25) is 0 Å². The van der Waals surface area contributed by atoms with Crippen molar-refractivity contribution in [3.05, 3.63) is 23.4 Å². The first-order chi connectivity index (χ1) is 10.4. The van der Waals surface area contributed by atoms with E-state index in [1.807, 2.05) is 6.08 Å². The van der Waals surface area contributed by atoms with Crippen molar-refractivity contribution >= 4 is 23.6 Å². The Hall–Kier alpha value is -1.31. The Bertz CT molecular complexity index is 566. The van der Waals surface area contributed by atoms with Gasteiger partial charge in [-0.3, -0.25) is 9.69 Å². The van der Waals surface area contributed by atoms with Crippen LogP contribution < -0.4 is 5.73 Å². The molecule has 0 aromatic heterocycles. The van der Waals surface area contributed by atoms with Crippen molar-refractivity contribution in [3.63, 3.8) is 0 Å². The number of carbonyl (C=O) groups excluding carboxylic acids is 1. The summed E-state index contributed by atoms with van der Waals surface area (Å²) < 4.78 is 1.01. The molecule has 0 radical (unpaired) electrons. The van der Waals surface area contributed by atoms with Gasteiger partial charge >= 0.3 is 5.97 Å². The van der Waals surface area contributed by atoms with E-state index < -0.39 is 12.0 Å². The minimum Gasteiger partial charge on any atom is -0.477 e. The molecule has 2 atom stereocenters. The van der Waals surface area contributed by atoms with E-state index in [1.54, 1.807) is 0 Å². The van der Waals surface area contributed by atoms with Gasteiger partial charge in [0.1, 0.15) is 17.1 Å². The maximum Gasteiger partial charge on any atom is 0.352 e. The number of rotatable bonds is 4. The highest BCUT2D eigenvalue weighted by molar-refractivity contribution is 8.00. The van der Waals surface area contributed by atoms with Crippen LogP contribution in [0.1, 0.15) is 12.8 Å². The Labute approximate surface area is 134 Å². The van der Waals surface area contributed by atoms with E-state index in [4.69, 9.17) is 5.73 Å². The van der Waals surface area contributed by atoms with E-state index >= 15 is 0 Å². The van der Waals surface area contributed by atoms with Crippen molar-refractivity contribution in [2.75, 3.05) is 32.4 Å². The molecule has 3 heterocycles. The Morgan fingerprint density at radius 1 is 1.50 bits per heavy atom. The Morgan fingerprint density at radius 3 is 2.82 bits per heavy atom. The molecule has 0 spiro atoms. The van der Waals surface area contributed by atoms with Gasteiger partial charge in [-0.25, -0.2) is 4.79 Å². The number of hydrogen-bond acceptors (Lipinski definition) is 4. The van der Waals surface area contributed by atoms with E-state index in [9.17, 15) is 14.7 Å². The fourth-order valence-electron chi connectivity index (χ4n) is 3.40. The lowest BCUT2D eigenvalue weighted by Crippen LogP contribution is -2.68. The maximum absolute atomic E-state index is 11.9. The van der Waals surface area contributed by atoms with Crippen molar-refractivity contribution in [2.45, 2.75) is 24.3 Å². The second-order valence-electron chi connectivity index (χ2n) is 6.47. The third-order valence-electron chi connectivity index (χ3n) is 4.75. The van der Waals surface area contributed by atoms with Crippen LogP contribution in [0.4, 0.5) is 0 Å². The Balaban J connectivity index is 1.78. The molecule has 1 amide bonds. The molecule has 3 rings (SSSR count). The maximum atomic E-state index is 11.9. The third kappa shape index (κ3) is 2.57. The zero-order valence-electron chi connectivity index (χ0n) is 12.7. The largest absolute Gasteiger partial charge is 0.477 e. The number of nitrogens with zero attached hydrogens (tertiary/aromatic N) is 2. The standard InChI is InChI=1S/C15H21N3O3S/c1-18(6-2-3-7-18)8-4-5-10-9-22-14-11(16)13(19)17(14)12(10)15(20)21/h4-5,11,14H,2-3,6-9,16H2,1H3/p+1/b5-4+/t11-,14-/m1/s1. The van der Waals surface area contributed by atoms with Crippen molar-refractivity contribution in [3.8, 4) is 0 Å². The number of allylic oxidation sites excluding steroid dienone is 1. The number of likely N-dealkylation sites (tertiary alicyclic amines) is 1. The van der Waals surface area contributed by atoms with Crippen LogP contribution in [0, 0.1) is 0 Å². The number of thioether (sulfide) groups is 1. The van der Waals surface area contributed by atoms with Crippen LogP contribution >= 0.6 is 11.8 Å². The zero-order chi connectivity index (χ0) is 15.9. The van der Waals surface area contributed by atoms with E-state index in [0.29, 0.717) is 11.3 Å². The second-order valence-corrected chi connectivity index (χ2v) is 7.58. The van der Waals surface area contributed by atoms with Crippen LogP contribution in [-0.4, -0.2) is 70.2 Å². The summed E-state index contributed by atoms with van der Waals surface area (Å²) >= 11 is 1.54. The summed E-state index contributed by atoms with van der Waals surface area (Å²) in [6.07, 6.45) is 6.44. The number of carboxylic acid groups (broad SMARTS) is 1. The van der Waals surface area contributed by atoms with Crippen LogP contribution in [-0.2, 0) is 9.59 Å². The van der Waals surface area contributed by atoms with Crippen LogP contribution in [0.25, 0.3) is 0 Å². The molecule has 0 aromatic rings. The van der Waals surface area contributed by atoms with E-state index in [2.05, 4.69) is 13.1 Å². The number of β-lactam (4-membered cyclic amide) rings is 1. The first-order valence-electron chi connectivity index (χ1n) is 7.60. The molecule has 120 valence electrons. The van der Waals surface area contributed by atoms with Gasteiger partial charge in [-0.2, -0.15) is 0 Å². The highest BCUT2D eigenvalue weighted by Gasteiger charge is 2.51. The summed E-state index contributed by atoms with van der Waals surface area (Å²) in [7, 11) is 2.23. The molecule has 2 saturated heterocycles. The average Bonchev–Trinajstić information content (AvgIpc) is 2.92. The first kappa shape index (κ1) is 15.6. The smallest absolute Gasteiger partial charge is 0.352 e. The predicted molar refractivity (Wildman–Crippen MR) is 84.9 cm³/mol. The van der Waals surface area contributed by atoms with Crippen molar-refractivity contribution in [2.24, 2.45) is 5.73 Å². The number of hydrogen-bond donors (Lipinski definition) is 2. The van der Waals surface area contributed by atoms with Crippen LogP contribution in [0.5, 0.6) is 0 Å². The minimum atomic E-state index is -1.05. The Kier molecular flexibility index (Phi) is 4.05. The molecule has 22 heavy (non-hydrogen) atoms. The molecule has 6 nitrogen and oxygen atoms in total. The van der Waals surface area contributed by atoms with Gasteiger partial charge in [0.15, 0.2) is 0 Å². The summed E-state index contributed by atoms with van der Waals surface area (Å²) in [4.78, 5) is 24.7. The topological polar surface area (TPSA) is 83.6 Å². The number of aliphatic carboxylic acids is 1. The molecule has 3 N–H and O–H groups in total. The van der Waals surface area contributed by atoms with Gasteiger partial charge in [-0.15, -0.1) is 11.8 Å². The van der Waals surface area contributed by atoms with E-state index in [-0.39, 0.29) is 17.0 Å². The van der Waals surface area contributed by atoms with Crippen LogP contribution in [0.3, 0.4) is 0 Å².